The van der Waals surface area contributed by atoms with Gasteiger partial charge in [0.2, 0.25) is 5.43 Å². The molecule has 0 fully saturated rings. The molecule has 4 heteroatoms. The van der Waals surface area contributed by atoms with Gasteiger partial charge in [-0.25, -0.2) is 4.68 Å². The third kappa shape index (κ3) is 3.44. The smallest absolute Gasteiger partial charge is 0.203 e. The molecule has 126 valence electrons. The van der Waals surface area contributed by atoms with Crippen LogP contribution in [0.4, 0.5) is 0 Å². The molecule has 0 aliphatic rings. The molecule has 0 amide bonds. The van der Waals surface area contributed by atoms with Crippen LogP contribution in [0.5, 0.6) is 0 Å². The monoisotopic (exact) mass is 339 g/mol. The van der Waals surface area contributed by atoms with E-state index in [1.165, 1.54) is 0 Å². The van der Waals surface area contributed by atoms with Gasteiger partial charge >= 0.3 is 0 Å². The molecule has 0 atom stereocenters. The van der Waals surface area contributed by atoms with E-state index in [9.17, 15) is 4.79 Å². The lowest BCUT2D eigenvalue weighted by Gasteiger charge is -2.09. The molecule has 0 bridgehead atoms. The first-order valence-electron chi connectivity index (χ1n) is 8.43. The molecule has 2 aromatic heterocycles. The molecule has 4 aromatic rings. The summed E-state index contributed by atoms with van der Waals surface area (Å²) in [5.74, 6) is 0. The first-order valence-corrected chi connectivity index (χ1v) is 8.43. The molecule has 0 aliphatic heterocycles. The fourth-order valence-electron chi connectivity index (χ4n) is 2.87. The van der Waals surface area contributed by atoms with Crippen molar-refractivity contribution in [2.75, 3.05) is 0 Å². The maximum absolute atomic E-state index is 12.2. The van der Waals surface area contributed by atoms with Crippen LogP contribution in [-0.4, -0.2) is 14.8 Å². The van der Waals surface area contributed by atoms with E-state index in [4.69, 9.17) is 0 Å². The topological polar surface area (TPSA) is 47.8 Å². The number of aromatic nitrogens is 3. The predicted molar refractivity (Wildman–Crippen MR) is 102 cm³/mol. The van der Waals surface area contributed by atoms with Crippen LogP contribution in [-0.2, 0) is 6.42 Å². The van der Waals surface area contributed by atoms with Gasteiger partial charge in [-0.05, 0) is 41.0 Å². The Hall–Kier alpha value is -3.53. The van der Waals surface area contributed by atoms with Gasteiger partial charge in [-0.1, -0.05) is 42.5 Å². The van der Waals surface area contributed by atoms with Gasteiger partial charge in [-0.3, -0.25) is 9.78 Å². The van der Waals surface area contributed by atoms with Gasteiger partial charge in [0.05, 0.1) is 5.69 Å². The van der Waals surface area contributed by atoms with E-state index < -0.39 is 0 Å². The fraction of sp³-hybridized carbons (Fsp3) is 0.0455. The largest absolute Gasteiger partial charge is 0.288 e. The van der Waals surface area contributed by atoms with Crippen molar-refractivity contribution in [1.29, 1.82) is 0 Å². The van der Waals surface area contributed by atoms with Crippen molar-refractivity contribution in [2.24, 2.45) is 0 Å². The summed E-state index contributed by atoms with van der Waals surface area (Å²) < 4.78 is 1.75. The molecular weight excluding hydrogens is 322 g/mol. The number of benzene rings is 2. The molecule has 0 aliphatic carbocycles. The van der Waals surface area contributed by atoms with E-state index >= 15 is 0 Å². The van der Waals surface area contributed by atoms with Crippen molar-refractivity contribution in [3.05, 3.63) is 113 Å². The van der Waals surface area contributed by atoms with Gasteiger partial charge < -0.3 is 0 Å². The predicted octanol–water partition coefficient (Wildman–Crippen LogP) is 3.89. The highest BCUT2D eigenvalue weighted by molar-refractivity contribution is 5.65. The maximum Gasteiger partial charge on any atom is 0.203 e. The SMILES string of the molecule is O=c1ccn(-c2cccc(-c3ccncc3)c2)nc1Cc1ccccc1. The molecule has 2 aromatic carbocycles. The number of pyridine rings is 1. The summed E-state index contributed by atoms with van der Waals surface area (Å²) in [6, 6.07) is 23.5. The van der Waals surface area contributed by atoms with E-state index in [1.54, 1.807) is 29.3 Å². The summed E-state index contributed by atoms with van der Waals surface area (Å²) in [6.07, 6.45) is 5.78. The zero-order chi connectivity index (χ0) is 17.8. The molecular formula is C22H17N3O. The maximum atomic E-state index is 12.2. The lowest BCUT2D eigenvalue weighted by atomic mass is 10.1. The Morgan fingerprint density at radius 2 is 1.62 bits per heavy atom. The fourth-order valence-corrected chi connectivity index (χ4v) is 2.87. The molecule has 0 N–H and O–H groups in total. The summed E-state index contributed by atoms with van der Waals surface area (Å²) in [6.45, 7) is 0. The summed E-state index contributed by atoms with van der Waals surface area (Å²) in [5.41, 5.74) is 4.64. The van der Waals surface area contributed by atoms with E-state index in [1.807, 2.05) is 60.7 Å². The molecule has 26 heavy (non-hydrogen) atoms. The van der Waals surface area contributed by atoms with Crippen molar-refractivity contribution < 1.29 is 0 Å². The van der Waals surface area contributed by atoms with E-state index in [-0.39, 0.29) is 5.43 Å². The molecule has 2 heterocycles. The highest BCUT2D eigenvalue weighted by Crippen LogP contribution is 2.21. The Balaban J connectivity index is 1.70. The quantitative estimate of drug-likeness (QED) is 0.567. The van der Waals surface area contributed by atoms with E-state index in [0.717, 1.165) is 22.4 Å². The van der Waals surface area contributed by atoms with Crippen LogP contribution >= 0.6 is 0 Å². The minimum Gasteiger partial charge on any atom is -0.288 e. The average Bonchev–Trinajstić information content (AvgIpc) is 2.71. The van der Waals surface area contributed by atoms with E-state index in [2.05, 4.69) is 16.1 Å². The minimum atomic E-state index is -0.0459. The van der Waals surface area contributed by atoms with Gasteiger partial charge in [-0.15, -0.1) is 0 Å². The van der Waals surface area contributed by atoms with Crippen LogP contribution in [0.1, 0.15) is 11.3 Å². The van der Waals surface area contributed by atoms with Crippen LogP contribution in [0.3, 0.4) is 0 Å². The van der Waals surface area contributed by atoms with E-state index in [0.29, 0.717) is 12.1 Å². The number of rotatable bonds is 4. The second-order valence-electron chi connectivity index (χ2n) is 6.02. The normalized spacial score (nSPS) is 10.6. The van der Waals surface area contributed by atoms with Crippen LogP contribution in [0.2, 0.25) is 0 Å². The summed E-state index contributed by atoms with van der Waals surface area (Å²) >= 11 is 0. The summed E-state index contributed by atoms with van der Waals surface area (Å²) in [5, 5.41) is 4.56. The molecule has 0 unspecified atom stereocenters. The van der Waals surface area contributed by atoms with Crippen LogP contribution < -0.4 is 5.43 Å². The third-order valence-corrected chi connectivity index (χ3v) is 4.22. The highest BCUT2D eigenvalue weighted by Gasteiger charge is 2.06. The van der Waals surface area contributed by atoms with Crippen molar-refractivity contribution in [3.63, 3.8) is 0 Å². The molecule has 4 nitrogen and oxygen atoms in total. The van der Waals surface area contributed by atoms with Gasteiger partial charge in [0, 0.05) is 31.1 Å². The van der Waals surface area contributed by atoms with Gasteiger partial charge in [0.15, 0.2) is 0 Å². The Morgan fingerprint density at radius 3 is 2.42 bits per heavy atom. The second kappa shape index (κ2) is 7.15. The molecule has 0 radical (unpaired) electrons. The third-order valence-electron chi connectivity index (χ3n) is 4.22. The van der Waals surface area contributed by atoms with Crippen molar-refractivity contribution >= 4 is 0 Å². The lowest BCUT2D eigenvalue weighted by molar-refractivity contribution is 0.792. The summed E-state index contributed by atoms with van der Waals surface area (Å²) in [7, 11) is 0. The number of nitrogens with zero attached hydrogens (tertiary/aromatic N) is 3. The molecule has 0 saturated carbocycles. The zero-order valence-corrected chi connectivity index (χ0v) is 14.1. The van der Waals surface area contributed by atoms with Crippen LogP contribution in [0, 0.1) is 0 Å². The average molecular weight is 339 g/mol. The Labute approximate surface area is 151 Å². The molecule has 4 rings (SSSR count). The minimum absolute atomic E-state index is 0.0459. The Morgan fingerprint density at radius 1 is 0.808 bits per heavy atom. The standard InChI is InChI=1S/C22H17N3O/c26-22-11-14-25(24-21(22)15-17-5-2-1-3-6-17)20-8-4-7-19(16-20)18-9-12-23-13-10-18/h1-14,16H,15H2. The van der Waals surface area contributed by atoms with Crippen LogP contribution in [0.25, 0.3) is 16.8 Å². The lowest BCUT2D eigenvalue weighted by Crippen LogP contribution is -2.16. The van der Waals surface area contributed by atoms with Crippen molar-refractivity contribution in [1.82, 2.24) is 14.8 Å². The van der Waals surface area contributed by atoms with Gasteiger partial charge in [-0.2, -0.15) is 5.10 Å². The Bertz CT molecular complexity index is 1070. The van der Waals surface area contributed by atoms with Gasteiger partial charge in [0.25, 0.3) is 0 Å². The summed E-state index contributed by atoms with van der Waals surface area (Å²) in [4.78, 5) is 16.3. The first-order chi connectivity index (χ1) is 12.8. The van der Waals surface area contributed by atoms with Crippen LogP contribution in [0.15, 0.2) is 96.2 Å². The molecule has 0 spiro atoms. The van der Waals surface area contributed by atoms with Crippen molar-refractivity contribution in [2.45, 2.75) is 6.42 Å². The highest BCUT2D eigenvalue weighted by atomic mass is 16.1. The number of hydrogen-bond acceptors (Lipinski definition) is 3. The zero-order valence-electron chi connectivity index (χ0n) is 14.1. The second-order valence-corrected chi connectivity index (χ2v) is 6.02. The van der Waals surface area contributed by atoms with Gasteiger partial charge in [0.1, 0.15) is 5.69 Å². The molecule has 0 saturated heterocycles. The first kappa shape index (κ1) is 16.0. The number of hydrogen-bond donors (Lipinski definition) is 0. The van der Waals surface area contributed by atoms with Crippen molar-refractivity contribution in [3.8, 4) is 16.8 Å². The Kier molecular flexibility index (Phi) is 4.39.